The summed E-state index contributed by atoms with van der Waals surface area (Å²) in [6, 6.07) is 11.2. The number of rotatable bonds is 5. The summed E-state index contributed by atoms with van der Waals surface area (Å²) in [6.07, 6.45) is 2.12. The molecule has 3 heterocycles. The number of hydrogen-bond acceptors (Lipinski definition) is 8. The van der Waals surface area contributed by atoms with Crippen LogP contribution in [0.1, 0.15) is 46.4 Å². The SMILES string of the molecule is Cc1noc2nc(C3CC3)cc(C(=O)OCc3nnc(-c4ccccc4)o3)c12. The normalized spacial score (nSPS) is 13.8. The molecular formula is C20H16N4O4. The van der Waals surface area contributed by atoms with Gasteiger partial charge in [-0.3, -0.25) is 0 Å². The van der Waals surface area contributed by atoms with Crippen molar-refractivity contribution in [3.63, 3.8) is 0 Å². The number of ether oxygens (including phenoxy) is 1. The van der Waals surface area contributed by atoms with Crippen LogP contribution in [0.3, 0.4) is 0 Å². The number of aromatic nitrogens is 4. The van der Waals surface area contributed by atoms with Gasteiger partial charge in [-0.05, 0) is 38.0 Å². The molecule has 5 rings (SSSR count). The molecule has 1 aliphatic rings. The maximum Gasteiger partial charge on any atom is 0.339 e. The zero-order valence-electron chi connectivity index (χ0n) is 15.1. The van der Waals surface area contributed by atoms with Crippen molar-refractivity contribution in [3.05, 3.63) is 59.2 Å². The third-order valence-corrected chi connectivity index (χ3v) is 4.67. The lowest BCUT2D eigenvalue weighted by molar-refractivity contribution is 0.0440. The Bertz CT molecular complexity index is 1160. The molecule has 1 fully saturated rings. The Morgan fingerprint density at radius 1 is 1.21 bits per heavy atom. The Kier molecular flexibility index (Phi) is 3.89. The molecule has 0 unspecified atom stereocenters. The van der Waals surface area contributed by atoms with E-state index in [2.05, 4.69) is 20.3 Å². The van der Waals surface area contributed by atoms with E-state index in [-0.39, 0.29) is 12.5 Å². The Hall–Kier alpha value is -3.55. The fourth-order valence-electron chi connectivity index (χ4n) is 3.08. The van der Waals surface area contributed by atoms with Crippen molar-refractivity contribution in [1.82, 2.24) is 20.3 Å². The van der Waals surface area contributed by atoms with Crippen LogP contribution in [0.25, 0.3) is 22.6 Å². The molecule has 28 heavy (non-hydrogen) atoms. The van der Waals surface area contributed by atoms with Crippen LogP contribution in [0, 0.1) is 6.92 Å². The molecule has 0 aliphatic heterocycles. The van der Waals surface area contributed by atoms with E-state index < -0.39 is 5.97 Å². The van der Waals surface area contributed by atoms with E-state index >= 15 is 0 Å². The largest absolute Gasteiger partial charge is 0.452 e. The van der Waals surface area contributed by atoms with E-state index in [1.165, 1.54) is 0 Å². The highest BCUT2D eigenvalue weighted by Gasteiger charge is 2.29. The fraction of sp³-hybridized carbons (Fsp3) is 0.250. The van der Waals surface area contributed by atoms with Crippen LogP contribution in [0.15, 0.2) is 45.3 Å². The minimum atomic E-state index is -0.500. The van der Waals surface area contributed by atoms with Crippen molar-refractivity contribution in [3.8, 4) is 11.5 Å². The van der Waals surface area contributed by atoms with E-state index in [0.29, 0.717) is 34.2 Å². The summed E-state index contributed by atoms with van der Waals surface area (Å²) in [6.45, 7) is 1.65. The Morgan fingerprint density at radius 2 is 2.04 bits per heavy atom. The molecule has 3 aromatic heterocycles. The lowest BCUT2D eigenvalue weighted by Gasteiger charge is -2.05. The van der Waals surface area contributed by atoms with Gasteiger partial charge in [0.25, 0.3) is 11.6 Å². The van der Waals surface area contributed by atoms with Crippen LogP contribution in [0.5, 0.6) is 0 Å². The molecule has 0 saturated heterocycles. The molecule has 0 spiro atoms. The van der Waals surface area contributed by atoms with Crippen molar-refractivity contribution < 1.29 is 18.5 Å². The Morgan fingerprint density at radius 3 is 2.82 bits per heavy atom. The predicted octanol–water partition coefficient (Wildman–Crippen LogP) is 3.82. The first-order valence-electron chi connectivity index (χ1n) is 9.01. The van der Waals surface area contributed by atoms with Gasteiger partial charge in [0.05, 0.1) is 16.6 Å². The highest BCUT2D eigenvalue weighted by molar-refractivity contribution is 6.03. The van der Waals surface area contributed by atoms with Gasteiger partial charge in [0.15, 0.2) is 6.61 Å². The molecule has 0 radical (unpaired) electrons. The molecular weight excluding hydrogens is 360 g/mol. The van der Waals surface area contributed by atoms with Crippen LogP contribution < -0.4 is 0 Å². The van der Waals surface area contributed by atoms with Crippen LogP contribution in [-0.2, 0) is 11.3 Å². The Labute approximate surface area is 159 Å². The second-order valence-electron chi connectivity index (χ2n) is 6.76. The molecule has 1 aromatic carbocycles. The van der Waals surface area contributed by atoms with Gasteiger partial charge in [0, 0.05) is 17.2 Å². The smallest absolute Gasteiger partial charge is 0.339 e. The number of pyridine rings is 1. The number of carbonyl (C=O) groups is 1. The molecule has 0 amide bonds. The van der Waals surface area contributed by atoms with E-state index in [1.54, 1.807) is 13.0 Å². The summed E-state index contributed by atoms with van der Waals surface area (Å²) in [5.41, 5.74) is 2.99. The fourth-order valence-corrected chi connectivity index (χ4v) is 3.08. The number of fused-ring (bicyclic) bond motifs is 1. The van der Waals surface area contributed by atoms with Crippen molar-refractivity contribution in [1.29, 1.82) is 0 Å². The van der Waals surface area contributed by atoms with Gasteiger partial charge in [-0.15, -0.1) is 10.2 Å². The molecule has 1 saturated carbocycles. The van der Waals surface area contributed by atoms with Gasteiger partial charge >= 0.3 is 5.97 Å². The number of nitrogens with zero attached hydrogens (tertiary/aromatic N) is 4. The lowest BCUT2D eigenvalue weighted by atomic mass is 10.1. The third-order valence-electron chi connectivity index (χ3n) is 4.67. The summed E-state index contributed by atoms with van der Waals surface area (Å²) in [4.78, 5) is 17.2. The number of aryl methyl sites for hydroxylation is 1. The van der Waals surface area contributed by atoms with Crippen molar-refractivity contribution >= 4 is 17.1 Å². The second-order valence-corrected chi connectivity index (χ2v) is 6.76. The number of benzene rings is 1. The predicted molar refractivity (Wildman–Crippen MR) is 97.4 cm³/mol. The third kappa shape index (κ3) is 3.02. The summed E-state index contributed by atoms with van der Waals surface area (Å²) < 4.78 is 16.3. The number of esters is 1. The molecule has 0 atom stereocenters. The maximum atomic E-state index is 12.7. The van der Waals surface area contributed by atoms with E-state index in [4.69, 9.17) is 13.7 Å². The molecule has 8 nitrogen and oxygen atoms in total. The average molecular weight is 376 g/mol. The molecule has 0 N–H and O–H groups in total. The van der Waals surface area contributed by atoms with Gasteiger partial charge in [0.1, 0.15) is 0 Å². The molecule has 140 valence electrons. The summed E-state index contributed by atoms with van der Waals surface area (Å²) in [7, 11) is 0. The minimum Gasteiger partial charge on any atom is -0.452 e. The highest BCUT2D eigenvalue weighted by atomic mass is 16.5. The van der Waals surface area contributed by atoms with Crippen LogP contribution in [0.2, 0.25) is 0 Å². The quantitative estimate of drug-likeness (QED) is 0.484. The summed E-state index contributed by atoms with van der Waals surface area (Å²) >= 11 is 0. The molecule has 1 aliphatic carbocycles. The van der Waals surface area contributed by atoms with E-state index in [0.717, 1.165) is 24.1 Å². The van der Waals surface area contributed by atoms with Gasteiger partial charge in [-0.2, -0.15) is 0 Å². The molecule has 0 bridgehead atoms. The van der Waals surface area contributed by atoms with E-state index in [1.807, 2.05) is 30.3 Å². The molecule has 4 aromatic rings. The first kappa shape index (κ1) is 16.6. The second kappa shape index (κ2) is 6.56. The standard InChI is InChI=1S/C20H16N4O4/c1-11-17-14(9-15(12-7-8-12)21-19(17)28-24-11)20(25)26-10-16-22-23-18(27-16)13-5-3-2-4-6-13/h2-6,9,12H,7-8,10H2,1H3. The van der Waals surface area contributed by atoms with E-state index in [9.17, 15) is 4.79 Å². The van der Waals surface area contributed by atoms with Crippen molar-refractivity contribution in [2.75, 3.05) is 0 Å². The van der Waals surface area contributed by atoms with Crippen LogP contribution in [0.4, 0.5) is 0 Å². The first-order valence-corrected chi connectivity index (χ1v) is 9.01. The number of carbonyl (C=O) groups excluding carboxylic acids is 1. The topological polar surface area (TPSA) is 104 Å². The van der Waals surface area contributed by atoms with Gasteiger partial charge < -0.3 is 13.7 Å². The summed E-state index contributed by atoms with van der Waals surface area (Å²) in [5, 5.41) is 12.4. The first-order chi connectivity index (χ1) is 13.7. The van der Waals surface area contributed by atoms with Gasteiger partial charge in [-0.25, -0.2) is 9.78 Å². The summed E-state index contributed by atoms with van der Waals surface area (Å²) in [5.74, 6) is 0.469. The highest BCUT2D eigenvalue weighted by Crippen LogP contribution is 2.40. The Balaban J connectivity index is 1.37. The van der Waals surface area contributed by atoms with Gasteiger partial charge in [-0.1, -0.05) is 23.4 Å². The molecule has 8 heteroatoms. The average Bonchev–Trinajstić information content (AvgIpc) is 3.36. The van der Waals surface area contributed by atoms with Crippen LogP contribution >= 0.6 is 0 Å². The monoisotopic (exact) mass is 376 g/mol. The van der Waals surface area contributed by atoms with Crippen molar-refractivity contribution in [2.24, 2.45) is 0 Å². The maximum absolute atomic E-state index is 12.7. The zero-order chi connectivity index (χ0) is 19.1. The van der Waals surface area contributed by atoms with Crippen LogP contribution in [-0.4, -0.2) is 26.3 Å². The number of hydrogen-bond donors (Lipinski definition) is 0. The zero-order valence-corrected chi connectivity index (χ0v) is 15.1. The minimum absolute atomic E-state index is 0.119. The van der Waals surface area contributed by atoms with Gasteiger partial charge in [0.2, 0.25) is 5.89 Å². The van der Waals surface area contributed by atoms with Crippen molar-refractivity contribution in [2.45, 2.75) is 32.3 Å². The lowest BCUT2D eigenvalue weighted by Crippen LogP contribution is -2.08.